The first-order chi connectivity index (χ1) is 6.82. The van der Waals surface area contributed by atoms with Gasteiger partial charge in [0.25, 0.3) is 0 Å². The van der Waals surface area contributed by atoms with E-state index in [4.69, 9.17) is 10.2 Å². The van der Waals surface area contributed by atoms with Gasteiger partial charge in [0.15, 0.2) is 5.41 Å². The number of carboxylic acid groups (broad SMARTS) is 2. The molecule has 0 fully saturated rings. The normalized spacial score (nSPS) is 15.7. The molecule has 0 bridgehead atoms. The fourth-order valence-corrected chi connectivity index (χ4v) is 2.07. The zero-order valence-electron chi connectivity index (χ0n) is 9.78. The predicted molar refractivity (Wildman–Crippen MR) is 56.6 cm³/mol. The second-order valence-electron chi connectivity index (χ2n) is 4.21. The lowest BCUT2D eigenvalue weighted by atomic mass is 9.69. The van der Waals surface area contributed by atoms with Crippen molar-refractivity contribution in [2.75, 3.05) is 0 Å². The topological polar surface area (TPSA) is 74.6 Å². The van der Waals surface area contributed by atoms with Gasteiger partial charge < -0.3 is 10.2 Å². The molecule has 0 radical (unpaired) electrons. The monoisotopic (exact) mass is 216 g/mol. The Bertz CT molecular complexity index is 233. The highest BCUT2D eigenvalue weighted by Gasteiger charge is 2.49. The summed E-state index contributed by atoms with van der Waals surface area (Å²) in [5, 5.41) is 18.1. The third-order valence-corrected chi connectivity index (χ3v) is 3.40. The van der Waals surface area contributed by atoms with Crippen LogP contribution in [0.5, 0.6) is 0 Å². The summed E-state index contributed by atoms with van der Waals surface area (Å²) in [7, 11) is 0. The van der Waals surface area contributed by atoms with Crippen molar-refractivity contribution in [2.24, 2.45) is 17.3 Å². The van der Waals surface area contributed by atoms with Gasteiger partial charge in [-0.2, -0.15) is 0 Å². The van der Waals surface area contributed by atoms with E-state index in [0.29, 0.717) is 6.42 Å². The summed E-state index contributed by atoms with van der Waals surface area (Å²) in [6, 6.07) is 0. The van der Waals surface area contributed by atoms with Crippen molar-refractivity contribution in [3.63, 3.8) is 0 Å². The van der Waals surface area contributed by atoms with Crippen LogP contribution >= 0.6 is 0 Å². The van der Waals surface area contributed by atoms with Gasteiger partial charge in [0.05, 0.1) is 0 Å². The van der Waals surface area contributed by atoms with Crippen molar-refractivity contribution in [2.45, 2.75) is 40.5 Å². The van der Waals surface area contributed by atoms with Gasteiger partial charge >= 0.3 is 11.9 Å². The summed E-state index contributed by atoms with van der Waals surface area (Å²) in [5.74, 6) is -2.74. The summed E-state index contributed by atoms with van der Waals surface area (Å²) in [6.07, 6.45) is 1.35. The van der Waals surface area contributed by atoms with Gasteiger partial charge in [-0.3, -0.25) is 9.59 Å². The highest BCUT2D eigenvalue weighted by atomic mass is 16.4. The average Bonchev–Trinajstić information content (AvgIpc) is 2.17. The van der Waals surface area contributed by atoms with Crippen molar-refractivity contribution in [3.05, 3.63) is 0 Å². The molecule has 4 heteroatoms. The van der Waals surface area contributed by atoms with Crippen molar-refractivity contribution < 1.29 is 19.8 Å². The molecule has 0 aromatic carbocycles. The first-order valence-electron chi connectivity index (χ1n) is 5.29. The van der Waals surface area contributed by atoms with Crippen LogP contribution in [-0.2, 0) is 9.59 Å². The third kappa shape index (κ3) is 2.49. The lowest BCUT2D eigenvalue weighted by molar-refractivity contribution is -0.169. The van der Waals surface area contributed by atoms with Crippen LogP contribution in [0.3, 0.4) is 0 Å². The number of hydrogen-bond acceptors (Lipinski definition) is 2. The Hall–Kier alpha value is -1.06. The average molecular weight is 216 g/mol. The van der Waals surface area contributed by atoms with E-state index in [1.165, 1.54) is 6.92 Å². The van der Waals surface area contributed by atoms with Crippen LogP contribution < -0.4 is 0 Å². The fourth-order valence-electron chi connectivity index (χ4n) is 2.07. The molecule has 0 rings (SSSR count). The molecule has 15 heavy (non-hydrogen) atoms. The van der Waals surface area contributed by atoms with Crippen molar-refractivity contribution in [1.29, 1.82) is 0 Å². The van der Waals surface area contributed by atoms with Crippen LogP contribution in [0.1, 0.15) is 40.5 Å². The molecule has 0 spiro atoms. The zero-order chi connectivity index (χ0) is 12.2. The van der Waals surface area contributed by atoms with Gasteiger partial charge in [0.1, 0.15) is 0 Å². The van der Waals surface area contributed by atoms with E-state index >= 15 is 0 Å². The largest absolute Gasteiger partial charge is 0.480 e. The molecule has 4 nitrogen and oxygen atoms in total. The van der Waals surface area contributed by atoms with E-state index in [-0.39, 0.29) is 11.8 Å². The molecule has 0 amide bonds. The third-order valence-electron chi connectivity index (χ3n) is 3.40. The maximum atomic E-state index is 11.1. The summed E-state index contributed by atoms with van der Waals surface area (Å²) < 4.78 is 0. The standard InChI is InChI=1S/C11H20O4/c1-5-7(3)8(6-2)11(4,9(12)13)10(14)15/h7-8H,5-6H2,1-4H3,(H,12,13)(H,14,15). The molecule has 2 unspecified atom stereocenters. The van der Waals surface area contributed by atoms with Crippen molar-refractivity contribution >= 4 is 11.9 Å². The molecule has 88 valence electrons. The highest BCUT2D eigenvalue weighted by molar-refractivity contribution is 5.98. The molecule has 0 aromatic rings. The molecule has 0 aliphatic heterocycles. The summed E-state index contributed by atoms with van der Waals surface area (Å²) in [5.41, 5.74) is -1.68. The van der Waals surface area contributed by atoms with Crippen LogP contribution in [-0.4, -0.2) is 22.2 Å². The number of rotatable bonds is 6. The Morgan fingerprint density at radius 2 is 1.53 bits per heavy atom. The smallest absolute Gasteiger partial charge is 0.321 e. The lowest BCUT2D eigenvalue weighted by Crippen LogP contribution is -2.45. The summed E-state index contributed by atoms with van der Waals surface area (Å²) in [4.78, 5) is 22.2. The van der Waals surface area contributed by atoms with E-state index in [1.54, 1.807) is 0 Å². The predicted octanol–water partition coefficient (Wildman–Crippen LogP) is 2.23. The quantitative estimate of drug-likeness (QED) is 0.668. The molecular formula is C11H20O4. The maximum absolute atomic E-state index is 11.1. The van der Waals surface area contributed by atoms with Crippen molar-refractivity contribution in [3.8, 4) is 0 Å². The van der Waals surface area contributed by atoms with Gasteiger partial charge in [-0.1, -0.05) is 33.6 Å². The molecule has 0 saturated carbocycles. The van der Waals surface area contributed by atoms with Crippen LogP contribution in [0, 0.1) is 17.3 Å². The molecule has 0 heterocycles. The highest BCUT2D eigenvalue weighted by Crippen LogP contribution is 2.37. The van der Waals surface area contributed by atoms with E-state index in [9.17, 15) is 9.59 Å². The molecule has 0 saturated heterocycles. The fraction of sp³-hybridized carbons (Fsp3) is 0.818. The van der Waals surface area contributed by atoms with E-state index < -0.39 is 17.4 Å². The Morgan fingerprint density at radius 1 is 1.13 bits per heavy atom. The van der Waals surface area contributed by atoms with Gasteiger partial charge in [-0.15, -0.1) is 0 Å². The number of carbonyl (C=O) groups is 2. The number of aliphatic carboxylic acids is 2. The van der Waals surface area contributed by atoms with Gasteiger partial charge in [-0.25, -0.2) is 0 Å². The van der Waals surface area contributed by atoms with Crippen LogP contribution in [0.15, 0.2) is 0 Å². The molecule has 0 aromatic heterocycles. The molecular weight excluding hydrogens is 196 g/mol. The number of carboxylic acids is 2. The first-order valence-corrected chi connectivity index (χ1v) is 5.29. The molecule has 0 aliphatic rings. The molecule has 2 N–H and O–H groups in total. The Kier molecular flexibility index (Phi) is 4.78. The van der Waals surface area contributed by atoms with Gasteiger partial charge in [0.2, 0.25) is 0 Å². The molecule has 2 atom stereocenters. The minimum absolute atomic E-state index is 0.0900. The van der Waals surface area contributed by atoms with E-state index in [0.717, 1.165) is 6.42 Å². The van der Waals surface area contributed by atoms with Crippen LogP contribution in [0.25, 0.3) is 0 Å². The Labute approximate surface area is 90.3 Å². The lowest BCUT2D eigenvalue weighted by Gasteiger charge is -2.33. The SMILES string of the molecule is CCC(C)C(CC)C(C)(C(=O)O)C(=O)O. The zero-order valence-corrected chi connectivity index (χ0v) is 9.78. The second-order valence-corrected chi connectivity index (χ2v) is 4.21. The second kappa shape index (κ2) is 5.14. The maximum Gasteiger partial charge on any atom is 0.321 e. The summed E-state index contributed by atoms with van der Waals surface area (Å²) in [6.45, 7) is 6.98. The minimum atomic E-state index is -1.68. The minimum Gasteiger partial charge on any atom is -0.480 e. The van der Waals surface area contributed by atoms with Gasteiger partial charge in [-0.05, 0) is 18.8 Å². The van der Waals surface area contributed by atoms with E-state index in [1.807, 2.05) is 20.8 Å². The van der Waals surface area contributed by atoms with Gasteiger partial charge in [0, 0.05) is 0 Å². The molecule has 0 aliphatic carbocycles. The Morgan fingerprint density at radius 3 is 1.73 bits per heavy atom. The summed E-state index contributed by atoms with van der Waals surface area (Å²) >= 11 is 0. The first kappa shape index (κ1) is 13.9. The van der Waals surface area contributed by atoms with E-state index in [2.05, 4.69) is 0 Å². The Balaban J connectivity index is 5.21. The van der Waals surface area contributed by atoms with Crippen molar-refractivity contribution in [1.82, 2.24) is 0 Å². The van der Waals surface area contributed by atoms with Crippen LogP contribution in [0.4, 0.5) is 0 Å². The van der Waals surface area contributed by atoms with Crippen LogP contribution in [0.2, 0.25) is 0 Å². The number of hydrogen-bond donors (Lipinski definition) is 2.